The van der Waals surface area contributed by atoms with Crippen molar-refractivity contribution in [1.82, 2.24) is 15.5 Å². The summed E-state index contributed by atoms with van der Waals surface area (Å²) in [6.07, 6.45) is -0.0747. The van der Waals surface area contributed by atoms with Gasteiger partial charge in [0.2, 0.25) is 5.91 Å². The summed E-state index contributed by atoms with van der Waals surface area (Å²) >= 11 is 0. The Morgan fingerprint density at radius 3 is 2.05 bits per heavy atom. The molecule has 220 valence electrons. The zero-order chi connectivity index (χ0) is 29.7. The number of carboxylic acids is 1. The summed E-state index contributed by atoms with van der Waals surface area (Å²) in [5, 5.41) is 15.3. The molecule has 2 amide bonds. The third kappa shape index (κ3) is 6.49. The minimum absolute atomic E-state index is 0.0882. The van der Waals surface area contributed by atoms with Gasteiger partial charge in [0.25, 0.3) is 0 Å². The molecule has 42 heavy (non-hydrogen) atoms. The number of piperidine rings is 1. The molecule has 0 radical (unpaired) electrons. The molecule has 5 rings (SSSR count). The van der Waals surface area contributed by atoms with Crippen LogP contribution in [0.4, 0.5) is 4.79 Å². The Balaban J connectivity index is 1.30. The number of benzene rings is 3. The Morgan fingerprint density at radius 2 is 1.48 bits per heavy atom. The summed E-state index contributed by atoms with van der Waals surface area (Å²) in [7, 11) is 0. The monoisotopic (exact) mass is 569 g/mol. The number of hydrogen-bond donors (Lipinski definition) is 3. The fourth-order valence-corrected chi connectivity index (χ4v) is 6.12. The van der Waals surface area contributed by atoms with E-state index in [0.717, 1.165) is 28.8 Å². The molecule has 1 fully saturated rings. The van der Waals surface area contributed by atoms with Crippen LogP contribution < -0.4 is 10.6 Å². The second-order valence-electron chi connectivity index (χ2n) is 11.7. The van der Waals surface area contributed by atoms with Crippen molar-refractivity contribution < 1.29 is 24.2 Å². The van der Waals surface area contributed by atoms with Crippen LogP contribution in [0.5, 0.6) is 0 Å². The van der Waals surface area contributed by atoms with Crippen molar-refractivity contribution in [2.45, 2.75) is 57.2 Å². The maximum absolute atomic E-state index is 13.8. The number of hydrogen-bond acceptors (Lipinski definition) is 5. The first-order valence-electron chi connectivity index (χ1n) is 14.7. The Labute approximate surface area is 247 Å². The molecule has 0 unspecified atom stereocenters. The molecule has 1 atom stereocenters. The molecule has 8 heteroatoms. The molecule has 3 N–H and O–H groups in total. The minimum atomic E-state index is -1.21. The van der Waals surface area contributed by atoms with Gasteiger partial charge in [0.15, 0.2) is 0 Å². The van der Waals surface area contributed by atoms with Crippen LogP contribution in [-0.2, 0) is 20.9 Å². The van der Waals surface area contributed by atoms with Crippen molar-refractivity contribution in [3.8, 4) is 11.1 Å². The smallest absolute Gasteiger partial charge is 0.408 e. The van der Waals surface area contributed by atoms with Gasteiger partial charge in [-0.05, 0) is 46.6 Å². The molecule has 0 bridgehead atoms. The molecule has 8 nitrogen and oxygen atoms in total. The third-order valence-electron chi connectivity index (χ3n) is 8.59. The quantitative estimate of drug-likeness (QED) is 0.311. The second kappa shape index (κ2) is 12.8. The number of rotatable bonds is 10. The van der Waals surface area contributed by atoms with Gasteiger partial charge in [-0.25, -0.2) is 4.79 Å². The van der Waals surface area contributed by atoms with Gasteiger partial charge in [-0.3, -0.25) is 14.5 Å². The van der Waals surface area contributed by atoms with Crippen LogP contribution in [0.3, 0.4) is 0 Å². The Kier molecular flexibility index (Phi) is 8.92. The summed E-state index contributed by atoms with van der Waals surface area (Å²) in [6.45, 7) is 5.83. The minimum Gasteiger partial charge on any atom is -0.481 e. The molecule has 1 aliphatic carbocycles. The molecule has 1 saturated heterocycles. The number of amides is 2. The normalized spacial score (nSPS) is 16.7. The molecule has 1 heterocycles. The molecule has 3 aromatic rings. The number of alkyl carbamates (subject to hydrolysis) is 1. The SMILES string of the molecule is CC(C)[C@@H](CC(=O)O)NC(=O)C1(NC(=O)OCC2c3ccccc3-c3ccccc32)CCN(Cc2ccccc2)CC1. The average Bonchev–Trinajstić information content (AvgIpc) is 3.30. The lowest BCUT2D eigenvalue weighted by Crippen LogP contribution is -2.64. The van der Waals surface area contributed by atoms with E-state index in [1.165, 1.54) is 5.56 Å². The van der Waals surface area contributed by atoms with Gasteiger partial charge in [-0.15, -0.1) is 0 Å². The highest BCUT2D eigenvalue weighted by Crippen LogP contribution is 2.44. The number of nitrogens with zero attached hydrogens (tertiary/aromatic N) is 1. The van der Waals surface area contributed by atoms with Gasteiger partial charge >= 0.3 is 12.1 Å². The van der Waals surface area contributed by atoms with Gasteiger partial charge in [-0.2, -0.15) is 0 Å². The van der Waals surface area contributed by atoms with E-state index in [2.05, 4.69) is 51.9 Å². The molecule has 1 aliphatic heterocycles. The lowest BCUT2D eigenvalue weighted by molar-refractivity contribution is -0.138. The predicted molar refractivity (Wildman–Crippen MR) is 161 cm³/mol. The third-order valence-corrected chi connectivity index (χ3v) is 8.59. The van der Waals surface area contributed by atoms with E-state index in [0.29, 0.717) is 25.9 Å². The lowest BCUT2D eigenvalue weighted by atomic mass is 9.85. The van der Waals surface area contributed by atoms with Crippen molar-refractivity contribution in [3.05, 3.63) is 95.6 Å². The van der Waals surface area contributed by atoms with E-state index in [-0.39, 0.29) is 30.8 Å². The van der Waals surface area contributed by atoms with Crippen molar-refractivity contribution in [1.29, 1.82) is 0 Å². The standard InChI is InChI=1S/C34H39N3O5/c1-23(2)30(20-31(38)39)35-32(40)34(16-18-37(19-17-34)21-24-10-4-3-5-11-24)36-33(41)42-22-29-27-14-8-6-12-25(27)26-13-7-9-15-28(26)29/h3-15,23,29-30H,16-22H2,1-2H3,(H,35,40)(H,36,41)(H,38,39)/t30-/m1/s1. The topological polar surface area (TPSA) is 108 Å². The average molecular weight is 570 g/mol. The highest BCUT2D eigenvalue weighted by molar-refractivity contribution is 5.90. The summed E-state index contributed by atoms with van der Waals surface area (Å²) in [6, 6.07) is 25.9. The summed E-state index contributed by atoms with van der Waals surface area (Å²) in [5.74, 6) is -1.53. The van der Waals surface area contributed by atoms with E-state index in [1.807, 2.05) is 56.3 Å². The Hall–Kier alpha value is -4.17. The van der Waals surface area contributed by atoms with E-state index in [1.54, 1.807) is 0 Å². The van der Waals surface area contributed by atoms with Crippen LogP contribution in [-0.4, -0.2) is 59.3 Å². The van der Waals surface area contributed by atoms with Gasteiger partial charge < -0.3 is 20.5 Å². The first-order valence-corrected chi connectivity index (χ1v) is 14.7. The first kappa shape index (κ1) is 29.3. The highest BCUT2D eigenvalue weighted by Gasteiger charge is 2.44. The maximum Gasteiger partial charge on any atom is 0.408 e. The van der Waals surface area contributed by atoms with Gasteiger partial charge in [0.1, 0.15) is 12.1 Å². The van der Waals surface area contributed by atoms with Crippen LogP contribution in [0.1, 0.15) is 55.7 Å². The van der Waals surface area contributed by atoms with E-state index >= 15 is 0 Å². The van der Waals surface area contributed by atoms with Gasteiger partial charge in [0.05, 0.1) is 6.42 Å². The fourth-order valence-electron chi connectivity index (χ4n) is 6.12. The first-order chi connectivity index (χ1) is 20.3. The van der Waals surface area contributed by atoms with Gasteiger partial charge in [0, 0.05) is 31.6 Å². The molecule has 2 aliphatic rings. The Bertz CT molecular complexity index is 1370. The molecule has 3 aromatic carbocycles. The largest absolute Gasteiger partial charge is 0.481 e. The van der Waals surface area contributed by atoms with Crippen molar-refractivity contribution >= 4 is 18.0 Å². The van der Waals surface area contributed by atoms with Crippen molar-refractivity contribution in [3.63, 3.8) is 0 Å². The van der Waals surface area contributed by atoms with Crippen LogP contribution in [0.15, 0.2) is 78.9 Å². The zero-order valence-corrected chi connectivity index (χ0v) is 24.2. The number of aliphatic carboxylic acids is 1. The fraction of sp³-hybridized carbons (Fsp3) is 0.382. The molecule has 0 aromatic heterocycles. The number of nitrogens with one attached hydrogen (secondary N) is 2. The van der Waals surface area contributed by atoms with Crippen LogP contribution in [0.25, 0.3) is 11.1 Å². The second-order valence-corrected chi connectivity index (χ2v) is 11.7. The highest BCUT2D eigenvalue weighted by atomic mass is 16.5. The zero-order valence-electron chi connectivity index (χ0n) is 24.2. The van der Waals surface area contributed by atoms with Crippen LogP contribution in [0.2, 0.25) is 0 Å². The summed E-state index contributed by atoms with van der Waals surface area (Å²) in [4.78, 5) is 40.9. The molecular weight excluding hydrogens is 530 g/mol. The maximum atomic E-state index is 13.8. The lowest BCUT2D eigenvalue weighted by Gasteiger charge is -2.41. The van der Waals surface area contributed by atoms with E-state index in [9.17, 15) is 19.5 Å². The van der Waals surface area contributed by atoms with E-state index in [4.69, 9.17) is 4.74 Å². The van der Waals surface area contributed by atoms with Gasteiger partial charge in [-0.1, -0.05) is 92.7 Å². The predicted octanol–water partition coefficient (Wildman–Crippen LogP) is 5.18. The number of carbonyl (C=O) groups is 3. The number of carboxylic acid groups (broad SMARTS) is 1. The summed E-state index contributed by atoms with van der Waals surface area (Å²) < 4.78 is 5.82. The number of ether oxygens (including phenoxy) is 1. The van der Waals surface area contributed by atoms with Crippen LogP contribution >= 0.6 is 0 Å². The number of fused-ring (bicyclic) bond motifs is 3. The Morgan fingerprint density at radius 1 is 0.905 bits per heavy atom. The van der Waals surface area contributed by atoms with Crippen LogP contribution in [0, 0.1) is 5.92 Å². The molecular formula is C34H39N3O5. The number of likely N-dealkylation sites (tertiary alicyclic amines) is 1. The number of carbonyl (C=O) groups excluding carboxylic acids is 2. The molecule has 0 saturated carbocycles. The summed E-state index contributed by atoms with van der Waals surface area (Å²) in [5.41, 5.74) is 4.48. The van der Waals surface area contributed by atoms with Crippen molar-refractivity contribution in [2.75, 3.05) is 19.7 Å². The van der Waals surface area contributed by atoms with E-state index < -0.39 is 23.6 Å². The molecule has 0 spiro atoms. The van der Waals surface area contributed by atoms with Crippen molar-refractivity contribution in [2.24, 2.45) is 5.92 Å².